The number of hydrogen-bond acceptors (Lipinski definition) is 7. The molecule has 0 unspecified atom stereocenters. The molecule has 7 rings (SSSR count). The number of carbonyl (C=O) groups is 4. The molecule has 15 heteroatoms. The first-order valence-corrected chi connectivity index (χ1v) is 22.0. The number of nitrogens with one attached hydrogen (secondary N) is 5. The van der Waals surface area contributed by atoms with Crippen molar-refractivity contribution in [3.05, 3.63) is 102 Å². The van der Waals surface area contributed by atoms with Gasteiger partial charge in [-0.2, -0.15) is 0 Å². The van der Waals surface area contributed by atoms with Crippen LogP contribution in [0.15, 0.2) is 95.9 Å². The second-order valence-electron chi connectivity index (χ2n) is 15.3. The zero-order valence-electron chi connectivity index (χ0n) is 33.8. The molecule has 0 aliphatic heterocycles. The number of fused-ring (bicyclic) bond motifs is 2. The Bertz CT molecular complexity index is 2360. The van der Waals surface area contributed by atoms with E-state index in [9.17, 15) is 27.6 Å². The van der Waals surface area contributed by atoms with Crippen LogP contribution < -0.4 is 31.7 Å². The van der Waals surface area contributed by atoms with Crippen molar-refractivity contribution < 1.29 is 27.6 Å². The van der Waals surface area contributed by atoms with Gasteiger partial charge in [0, 0.05) is 74.2 Å². The summed E-state index contributed by atoms with van der Waals surface area (Å²) in [5.74, 6) is -1.02. The highest BCUT2D eigenvalue weighted by Crippen LogP contribution is 2.27. The van der Waals surface area contributed by atoms with Crippen LogP contribution in [0.2, 0.25) is 0 Å². The predicted octanol–water partition coefficient (Wildman–Crippen LogP) is 4.74. The van der Waals surface area contributed by atoms with Crippen LogP contribution in [0.3, 0.4) is 0 Å². The first-order chi connectivity index (χ1) is 28.5. The van der Waals surface area contributed by atoms with E-state index in [4.69, 9.17) is 5.73 Å². The fourth-order valence-corrected chi connectivity index (χ4v) is 9.30. The molecule has 2 fully saturated rings. The smallest absolute Gasteiger partial charge is 0.268 e. The molecule has 0 bridgehead atoms. The van der Waals surface area contributed by atoms with Crippen molar-refractivity contribution in [2.75, 3.05) is 26.2 Å². The van der Waals surface area contributed by atoms with Crippen molar-refractivity contribution in [3.8, 4) is 0 Å². The molecule has 2 saturated carbocycles. The lowest BCUT2D eigenvalue weighted by atomic mass is 9.83. The van der Waals surface area contributed by atoms with Gasteiger partial charge < -0.3 is 36.1 Å². The Balaban J connectivity index is 0.000000234. The average Bonchev–Trinajstić information content (AvgIpc) is 3.78. The van der Waals surface area contributed by atoms with Gasteiger partial charge in [-0.1, -0.05) is 87.7 Å². The van der Waals surface area contributed by atoms with Crippen molar-refractivity contribution in [1.82, 2.24) is 35.1 Å². The number of aryl methyl sites for hydroxylation is 2. The Morgan fingerprint density at radius 1 is 0.617 bits per heavy atom. The Kier molecular flexibility index (Phi) is 16.1. The minimum absolute atomic E-state index is 0. The summed E-state index contributed by atoms with van der Waals surface area (Å²) in [5.41, 5.74) is 8.64. The van der Waals surface area contributed by atoms with Crippen LogP contribution in [0.25, 0.3) is 21.8 Å². The molecular weight excluding hydrogens is 781 g/mol. The SMILES string of the molecule is C.Cn1c(C(=O)N[C@H]2CCCC[C@H]2C(=O)NCCN)cc2ccccc21.Cn1c(C(=O)N[C@H]2CCCC[C@H]2C(=O)NCCNS(=O)(=O)c2ccccc2)cc2ccccc21. The molecule has 60 heavy (non-hydrogen) atoms. The summed E-state index contributed by atoms with van der Waals surface area (Å²) >= 11 is 0. The monoisotopic (exact) mass is 840 g/mol. The Morgan fingerprint density at radius 2 is 1.05 bits per heavy atom. The number of nitrogens with zero attached hydrogens (tertiary/aromatic N) is 2. The Hall–Kier alpha value is -5.51. The number of nitrogens with two attached hydrogens (primary N) is 1. The second-order valence-corrected chi connectivity index (χ2v) is 17.1. The molecule has 2 aliphatic rings. The van der Waals surface area contributed by atoms with E-state index in [0.29, 0.717) is 30.9 Å². The summed E-state index contributed by atoms with van der Waals surface area (Å²) < 4.78 is 30.9. The maximum Gasteiger partial charge on any atom is 0.268 e. The van der Waals surface area contributed by atoms with Crippen molar-refractivity contribution in [2.24, 2.45) is 31.7 Å². The lowest BCUT2D eigenvalue weighted by Gasteiger charge is -2.31. The van der Waals surface area contributed by atoms with Crippen molar-refractivity contribution in [1.29, 1.82) is 0 Å². The Morgan fingerprint density at radius 3 is 1.52 bits per heavy atom. The predicted molar refractivity (Wildman–Crippen MR) is 236 cm³/mol. The number of para-hydroxylation sites is 2. The normalized spacial score (nSPS) is 19.0. The van der Waals surface area contributed by atoms with E-state index in [-0.39, 0.29) is 73.0 Å². The summed E-state index contributed by atoms with van der Waals surface area (Å²) in [4.78, 5) is 51.3. The van der Waals surface area contributed by atoms with Crippen molar-refractivity contribution in [3.63, 3.8) is 0 Å². The number of carbonyl (C=O) groups excluding carboxylic acids is 4. The summed E-state index contributed by atoms with van der Waals surface area (Å²) in [7, 11) is 0.136. The van der Waals surface area contributed by atoms with Gasteiger partial charge in [-0.15, -0.1) is 0 Å². The third-order valence-corrected chi connectivity index (χ3v) is 12.9. The highest BCUT2D eigenvalue weighted by Gasteiger charge is 2.34. The molecule has 0 radical (unpaired) electrons. The van der Waals surface area contributed by atoms with E-state index < -0.39 is 10.0 Å². The molecule has 0 spiro atoms. The molecule has 2 heterocycles. The molecule has 7 N–H and O–H groups in total. The Labute approximate surface area is 353 Å². The van der Waals surface area contributed by atoms with Gasteiger partial charge in [-0.25, -0.2) is 13.1 Å². The maximum atomic E-state index is 13.0. The van der Waals surface area contributed by atoms with Crippen molar-refractivity contribution >= 4 is 55.5 Å². The quantitative estimate of drug-likeness (QED) is 0.0921. The fourth-order valence-electron chi connectivity index (χ4n) is 8.24. The minimum Gasteiger partial charge on any atom is -0.355 e. The maximum absolute atomic E-state index is 13.0. The molecule has 0 saturated heterocycles. The first-order valence-electron chi connectivity index (χ1n) is 20.5. The number of amides is 4. The topological polar surface area (TPSA) is 198 Å². The molecule has 322 valence electrons. The summed E-state index contributed by atoms with van der Waals surface area (Å²) in [5, 5.41) is 13.9. The van der Waals surface area contributed by atoms with Gasteiger partial charge in [-0.3, -0.25) is 19.2 Å². The zero-order chi connectivity index (χ0) is 41.9. The van der Waals surface area contributed by atoms with Crippen LogP contribution in [-0.2, 0) is 33.7 Å². The summed E-state index contributed by atoms with van der Waals surface area (Å²) in [6.45, 7) is 1.15. The van der Waals surface area contributed by atoms with Gasteiger partial charge in [0.1, 0.15) is 11.4 Å². The third kappa shape index (κ3) is 11.0. The molecule has 5 aromatic rings. The van der Waals surface area contributed by atoms with E-state index in [1.165, 1.54) is 12.1 Å². The largest absolute Gasteiger partial charge is 0.355 e. The number of benzene rings is 3. The van der Waals surface area contributed by atoms with Crippen LogP contribution in [0, 0.1) is 11.8 Å². The van der Waals surface area contributed by atoms with Crippen LogP contribution in [-0.4, -0.2) is 79.4 Å². The van der Waals surface area contributed by atoms with Gasteiger partial charge in [0.15, 0.2) is 0 Å². The molecule has 3 aromatic carbocycles. The summed E-state index contributed by atoms with van der Waals surface area (Å²) in [6.07, 6.45) is 6.95. The number of rotatable bonds is 13. The first kappa shape index (κ1) is 45.6. The van der Waals surface area contributed by atoms with E-state index in [0.717, 1.165) is 66.8 Å². The van der Waals surface area contributed by atoms with E-state index in [2.05, 4.69) is 26.0 Å². The average molecular weight is 841 g/mol. The molecule has 2 aromatic heterocycles. The van der Waals surface area contributed by atoms with Crippen molar-refractivity contribution in [2.45, 2.75) is 75.8 Å². The van der Waals surface area contributed by atoms with Gasteiger partial charge in [0.25, 0.3) is 11.8 Å². The van der Waals surface area contributed by atoms with Gasteiger partial charge in [0.2, 0.25) is 21.8 Å². The molecule has 14 nitrogen and oxygen atoms in total. The summed E-state index contributed by atoms with van der Waals surface area (Å²) in [6, 6.07) is 27.2. The number of hydrogen-bond donors (Lipinski definition) is 6. The van der Waals surface area contributed by atoms with Crippen LogP contribution in [0.5, 0.6) is 0 Å². The van der Waals surface area contributed by atoms with Crippen LogP contribution >= 0.6 is 0 Å². The van der Waals surface area contributed by atoms with Gasteiger partial charge in [0.05, 0.1) is 16.7 Å². The van der Waals surface area contributed by atoms with Gasteiger partial charge >= 0.3 is 0 Å². The van der Waals surface area contributed by atoms with E-state index in [1.807, 2.05) is 83.9 Å². The van der Waals surface area contributed by atoms with E-state index in [1.54, 1.807) is 18.2 Å². The lowest BCUT2D eigenvalue weighted by molar-refractivity contribution is -0.127. The van der Waals surface area contributed by atoms with Crippen LogP contribution in [0.4, 0.5) is 0 Å². The number of aromatic nitrogens is 2. The highest BCUT2D eigenvalue weighted by atomic mass is 32.2. The fraction of sp³-hybridized carbons (Fsp3) is 0.422. The minimum atomic E-state index is -3.62. The number of sulfonamides is 1. The highest BCUT2D eigenvalue weighted by molar-refractivity contribution is 7.89. The second kappa shape index (κ2) is 21.1. The molecule has 4 amide bonds. The molecule has 4 atom stereocenters. The van der Waals surface area contributed by atoms with E-state index >= 15 is 0 Å². The standard InChI is InChI=1S/C25H30N4O4S.C19H26N4O2.CH4/c1-29-22-14-8-5-9-18(22)17-23(29)25(31)28-21-13-7-6-12-20(21)24(30)26-15-16-27-34(32,33)19-10-3-2-4-11-19;1-23-16-9-5-2-6-13(16)12-17(23)19(25)22-15-8-4-3-7-14(15)18(24)21-11-10-20;/h2-5,8-11,14,17,20-21,27H,6-7,12-13,15-16H2,1H3,(H,26,30)(H,28,31);2,5-6,9,12,14-15H,3-4,7-8,10-11,20H2,1H3,(H,21,24)(H,22,25);1H4/t20-,21+;14-,15+;/m11./s1. The molecular formula is C45H60N8O6S. The van der Waals surface area contributed by atoms with Gasteiger partial charge in [-0.05, 0) is 62.1 Å². The van der Waals surface area contributed by atoms with Crippen LogP contribution in [0.1, 0.15) is 79.8 Å². The zero-order valence-corrected chi connectivity index (χ0v) is 34.6. The third-order valence-electron chi connectivity index (χ3n) is 11.4. The molecule has 2 aliphatic carbocycles. The lowest BCUT2D eigenvalue weighted by Crippen LogP contribution is -2.49.